The molecule has 18 heavy (non-hydrogen) atoms. The Morgan fingerprint density at radius 3 is 1.56 bits per heavy atom. The van der Waals surface area contributed by atoms with E-state index in [1.807, 2.05) is 23.5 Å². The third-order valence-corrected chi connectivity index (χ3v) is 5.59. The van der Waals surface area contributed by atoms with Crippen molar-refractivity contribution in [3.8, 4) is 0 Å². The molecule has 0 amide bonds. The highest BCUT2D eigenvalue weighted by Gasteiger charge is 2.16. The third kappa shape index (κ3) is 2.50. The maximum absolute atomic E-state index is 2.20. The Hall–Kier alpha value is -1.12. The molecule has 0 saturated carbocycles. The smallest absolute Gasteiger partial charge is 0.0486 e. The van der Waals surface area contributed by atoms with Crippen molar-refractivity contribution < 1.29 is 0 Å². The van der Waals surface area contributed by atoms with E-state index < -0.39 is 0 Å². The molecule has 2 heteroatoms. The second-order valence-corrected chi connectivity index (χ2v) is 6.56. The van der Waals surface area contributed by atoms with Gasteiger partial charge in [0.1, 0.15) is 0 Å². The van der Waals surface area contributed by atoms with E-state index in [0.717, 1.165) is 0 Å². The fraction of sp³-hybridized carbons (Fsp3) is 0.125. The number of benzene rings is 2. The van der Waals surface area contributed by atoms with Gasteiger partial charge in [0.15, 0.2) is 0 Å². The first-order valence-electron chi connectivity index (χ1n) is 6.06. The molecule has 1 aliphatic rings. The minimum atomic E-state index is 1.23. The molecule has 0 aromatic heterocycles. The van der Waals surface area contributed by atoms with Crippen LogP contribution in [0.3, 0.4) is 0 Å². The monoisotopic (exact) mass is 270 g/mol. The van der Waals surface area contributed by atoms with Crippen LogP contribution >= 0.6 is 23.5 Å². The summed E-state index contributed by atoms with van der Waals surface area (Å²) < 4.78 is 1.47. The molecule has 2 aromatic rings. The Balaban J connectivity index is 2.14. The average Bonchev–Trinajstić information content (AvgIpc) is 2.95. The van der Waals surface area contributed by atoms with Crippen LogP contribution in [-0.4, -0.2) is 11.5 Å². The van der Waals surface area contributed by atoms with Crippen LogP contribution in [0.1, 0.15) is 11.1 Å². The zero-order valence-electron chi connectivity index (χ0n) is 10.0. The van der Waals surface area contributed by atoms with Crippen LogP contribution < -0.4 is 0 Å². The summed E-state index contributed by atoms with van der Waals surface area (Å²) in [5.74, 6) is 2.45. The van der Waals surface area contributed by atoms with Gasteiger partial charge in [-0.25, -0.2) is 0 Å². The highest BCUT2D eigenvalue weighted by molar-refractivity contribution is 8.25. The second kappa shape index (κ2) is 5.68. The summed E-state index contributed by atoms with van der Waals surface area (Å²) >= 11 is 3.97. The predicted octanol–water partition coefficient (Wildman–Crippen LogP) is 4.88. The molecule has 0 unspecified atom stereocenters. The molecule has 90 valence electrons. The quantitative estimate of drug-likeness (QED) is 0.762. The predicted molar refractivity (Wildman–Crippen MR) is 83.8 cm³/mol. The summed E-state index contributed by atoms with van der Waals surface area (Å²) in [5, 5.41) is 0. The van der Waals surface area contributed by atoms with E-state index in [-0.39, 0.29) is 0 Å². The molecule has 1 aliphatic heterocycles. The van der Waals surface area contributed by atoms with Crippen molar-refractivity contribution in [2.45, 2.75) is 0 Å². The first-order chi connectivity index (χ1) is 8.95. The number of rotatable bonds is 2. The normalized spacial score (nSPS) is 14.8. The molecule has 0 nitrogen and oxygen atoms in total. The third-order valence-electron chi connectivity index (χ3n) is 2.88. The Kier molecular flexibility index (Phi) is 3.77. The van der Waals surface area contributed by atoms with Gasteiger partial charge in [0.05, 0.1) is 0 Å². The van der Waals surface area contributed by atoms with E-state index in [9.17, 15) is 0 Å². The lowest BCUT2D eigenvalue weighted by atomic mass is 10.00. The van der Waals surface area contributed by atoms with Crippen molar-refractivity contribution in [3.63, 3.8) is 0 Å². The minimum Gasteiger partial charge on any atom is -0.118 e. The van der Waals surface area contributed by atoms with E-state index in [4.69, 9.17) is 0 Å². The second-order valence-electron chi connectivity index (χ2n) is 4.09. The summed E-state index contributed by atoms with van der Waals surface area (Å²) in [5.41, 5.74) is 4.03. The first-order valence-corrected chi connectivity index (χ1v) is 8.03. The van der Waals surface area contributed by atoms with Crippen LogP contribution in [0, 0.1) is 0 Å². The highest BCUT2D eigenvalue weighted by atomic mass is 32.2. The summed E-state index contributed by atoms with van der Waals surface area (Å²) in [4.78, 5) is 0. The number of hydrogen-bond donors (Lipinski definition) is 0. The Labute approximate surface area is 116 Å². The van der Waals surface area contributed by atoms with E-state index >= 15 is 0 Å². The van der Waals surface area contributed by atoms with Crippen molar-refractivity contribution >= 4 is 29.1 Å². The van der Waals surface area contributed by atoms with Gasteiger partial charge in [-0.2, -0.15) is 0 Å². The van der Waals surface area contributed by atoms with E-state index in [1.165, 1.54) is 32.4 Å². The zero-order valence-corrected chi connectivity index (χ0v) is 11.6. The van der Waals surface area contributed by atoms with Crippen molar-refractivity contribution in [2.75, 3.05) is 11.5 Å². The highest BCUT2D eigenvalue weighted by Crippen LogP contribution is 2.44. The molecular formula is C16H14S2. The molecule has 0 aliphatic carbocycles. The fourth-order valence-corrected chi connectivity index (χ4v) is 4.70. The minimum absolute atomic E-state index is 1.23. The molecule has 0 atom stereocenters. The van der Waals surface area contributed by atoms with Gasteiger partial charge in [0.25, 0.3) is 0 Å². The van der Waals surface area contributed by atoms with E-state index in [1.54, 1.807) is 0 Å². The molecule has 3 rings (SSSR count). The lowest BCUT2D eigenvalue weighted by Crippen LogP contribution is -1.89. The molecule has 0 spiro atoms. The Bertz CT molecular complexity index is 494. The van der Waals surface area contributed by atoms with Gasteiger partial charge in [-0.1, -0.05) is 60.7 Å². The summed E-state index contributed by atoms with van der Waals surface area (Å²) in [6.07, 6.45) is 0. The van der Waals surface area contributed by atoms with E-state index in [2.05, 4.69) is 60.7 Å². The van der Waals surface area contributed by atoms with Crippen LogP contribution in [0.25, 0.3) is 5.57 Å². The van der Waals surface area contributed by atoms with Crippen LogP contribution in [0.2, 0.25) is 0 Å². The number of hydrogen-bond acceptors (Lipinski definition) is 2. The van der Waals surface area contributed by atoms with Gasteiger partial charge in [-0.15, -0.1) is 23.5 Å². The standard InChI is InChI=1S/C16H14S2/c1-3-7-13(8-4-1)15(16-17-11-12-18-16)14-9-5-2-6-10-14/h1-10H,11-12H2. The SMILES string of the molecule is c1ccc(C(=C2SCCS2)c2ccccc2)cc1. The first kappa shape index (κ1) is 11.9. The van der Waals surface area contributed by atoms with Gasteiger partial charge in [-0.05, 0) is 11.1 Å². The van der Waals surface area contributed by atoms with Crippen molar-refractivity contribution in [2.24, 2.45) is 0 Å². The van der Waals surface area contributed by atoms with Gasteiger partial charge in [0, 0.05) is 21.3 Å². The van der Waals surface area contributed by atoms with Gasteiger partial charge in [0.2, 0.25) is 0 Å². The lowest BCUT2D eigenvalue weighted by molar-refractivity contribution is 1.55. The Morgan fingerprint density at radius 2 is 1.11 bits per heavy atom. The maximum Gasteiger partial charge on any atom is 0.0486 e. The molecule has 0 N–H and O–H groups in total. The Morgan fingerprint density at radius 1 is 0.667 bits per heavy atom. The van der Waals surface area contributed by atoms with Crippen LogP contribution in [0.5, 0.6) is 0 Å². The molecule has 1 saturated heterocycles. The van der Waals surface area contributed by atoms with Crippen molar-refractivity contribution in [1.29, 1.82) is 0 Å². The fourth-order valence-electron chi connectivity index (χ4n) is 2.07. The number of thioether (sulfide) groups is 2. The maximum atomic E-state index is 2.20. The van der Waals surface area contributed by atoms with Crippen molar-refractivity contribution in [3.05, 3.63) is 76.0 Å². The summed E-state index contributed by atoms with van der Waals surface area (Å²) in [7, 11) is 0. The largest absolute Gasteiger partial charge is 0.118 e. The molecule has 2 aromatic carbocycles. The van der Waals surface area contributed by atoms with Crippen molar-refractivity contribution in [1.82, 2.24) is 0 Å². The van der Waals surface area contributed by atoms with Gasteiger partial charge in [-0.3, -0.25) is 0 Å². The molecule has 1 heterocycles. The van der Waals surface area contributed by atoms with Gasteiger partial charge < -0.3 is 0 Å². The molecular weight excluding hydrogens is 256 g/mol. The zero-order chi connectivity index (χ0) is 12.2. The molecule has 0 bridgehead atoms. The average molecular weight is 270 g/mol. The topological polar surface area (TPSA) is 0 Å². The van der Waals surface area contributed by atoms with E-state index in [0.29, 0.717) is 0 Å². The lowest BCUT2D eigenvalue weighted by Gasteiger charge is -2.11. The molecule has 1 fully saturated rings. The van der Waals surface area contributed by atoms with Gasteiger partial charge >= 0.3 is 0 Å². The van der Waals surface area contributed by atoms with Crippen LogP contribution in [0.15, 0.2) is 64.9 Å². The van der Waals surface area contributed by atoms with Crippen LogP contribution in [0.4, 0.5) is 0 Å². The summed E-state index contributed by atoms with van der Waals surface area (Å²) in [6.45, 7) is 0. The molecule has 0 radical (unpaired) electrons. The summed E-state index contributed by atoms with van der Waals surface area (Å²) in [6, 6.07) is 21.4. The van der Waals surface area contributed by atoms with Crippen LogP contribution in [-0.2, 0) is 0 Å².